The number of amides is 1. The molecular weight excluding hydrogens is 308 g/mol. The summed E-state index contributed by atoms with van der Waals surface area (Å²) >= 11 is 2.79. The molecule has 3 N–H and O–H groups in total. The number of aryl methyl sites for hydroxylation is 1. The third kappa shape index (κ3) is 4.21. The molecule has 1 amide bonds. The topological polar surface area (TPSA) is 94.0 Å². The van der Waals surface area contributed by atoms with Gasteiger partial charge in [0.2, 0.25) is 11.8 Å². The van der Waals surface area contributed by atoms with Gasteiger partial charge in [-0.3, -0.25) is 10.1 Å². The fraction of sp³-hybridized carbons (Fsp3) is 0.462. The molecule has 2 rings (SSSR count). The highest BCUT2D eigenvalue weighted by Crippen LogP contribution is 2.30. The Kier molecular flexibility index (Phi) is 4.58. The van der Waals surface area contributed by atoms with E-state index in [1.807, 2.05) is 27.7 Å². The van der Waals surface area contributed by atoms with Crippen LogP contribution >= 0.6 is 23.1 Å². The number of anilines is 2. The first kappa shape index (κ1) is 15.8. The second-order valence-corrected chi connectivity index (χ2v) is 7.86. The predicted octanol–water partition coefficient (Wildman–Crippen LogP) is 3.05. The highest BCUT2D eigenvalue weighted by atomic mass is 32.2. The normalized spacial score (nSPS) is 11.6. The van der Waals surface area contributed by atoms with Crippen molar-refractivity contribution in [1.82, 2.24) is 10.1 Å². The summed E-state index contributed by atoms with van der Waals surface area (Å²) in [7, 11) is 0. The van der Waals surface area contributed by atoms with Crippen LogP contribution in [0, 0.1) is 6.92 Å². The Hall–Kier alpha value is -1.54. The van der Waals surface area contributed by atoms with Crippen LogP contribution in [-0.4, -0.2) is 21.8 Å². The Balaban J connectivity index is 1.90. The third-order valence-corrected chi connectivity index (χ3v) is 5.00. The minimum absolute atomic E-state index is 0.113. The van der Waals surface area contributed by atoms with E-state index in [0.717, 1.165) is 15.6 Å². The van der Waals surface area contributed by atoms with Gasteiger partial charge in [0.15, 0.2) is 5.13 Å². The molecule has 0 radical (unpaired) electrons. The van der Waals surface area contributed by atoms with Crippen LogP contribution in [0.4, 0.5) is 11.0 Å². The molecular formula is C13H18N4O2S2. The molecule has 0 aromatic carbocycles. The van der Waals surface area contributed by atoms with Crippen LogP contribution in [0.1, 0.15) is 32.2 Å². The van der Waals surface area contributed by atoms with Crippen molar-refractivity contribution in [2.75, 3.05) is 16.8 Å². The Labute approximate surface area is 131 Å². The average Bonchev–Trinajstić information content (AvgIpc) is 2.93. The number of hydrogen-bond donors (Lipinski definition) is 2. The van der Waals surface area contributed by atoms with E-state index in [1.54, 1.807) is 6.07 Å². The number of thioether (sulfide) groups is 1. The van der Waals surface area contributed by atoms with Crippen molar-refractivity contribution in [1.29, 1.82) is 0 Å². The molecule has 21 heavy (non-hydrogen) atoms. The summed E-state index contributed by atoms with van der Waals surface area (Å²) in [5.41, 5.74) is 7.16. The summed E-state index contributed by atoms with van der Waals surface area (Å²) in [6, 6.07) is 1.75. The van der Waals surface area contributed by atoms with Gasteiger partial charge in [0.1, 0.15) is 0 Å². The lowest BCUT2D eigenvalue weighted by molar-refractivity contribution is -0.113. The molecule has 0 fully saturated rings. The number of nitrogens with zero attached hydrogens (tertiary/aromatic N) is 2. The Morgan fingerprint density at radius 1 is 1.52 bits per heavy atom. The van der Waals surface area contributed by atoms with E-state index >= 15 is 0 Å². The maximum absolute atomic E-state index is 11.9. The standard InChI is InChI=1S/C13H18N4O2S2/c1-7-11(21-12(14)15-7)20-6-9(18)16-10-5-8(17-19-10)13(2,3)4/h5H,6H2,1-4H3,(H2,14,15)(H,16,18). The number of carbonyl (C=O) groups is 1. The quantitative estimate of drug-likeness (QED) is 0.839. The Morgan fingerprint density at radius 3 is 2.76 bits per heavy atom. The predicted molar refractivity (Wildman–Crippen MR) is 85.8 cm³/mol. The number of nitrogens with one attached hydrogen (secondary N) is 1. The highest BCUT2D eigenvalue weighted by Gasteiger charge is 2.19. The van der Waals surface area contributed by atoms with Gasteiger partial charge >= 0.3 is 0 Å². The molecule has 0 aliphatic rings. The van der Waals surface area contributed by atoms with Crippen molar-refractivity contribution in [2.45, 2.75) is 37.3 Å². The number of thiazole rings is 1. The molecule has 2 aromatic heterocycles. The monoisotopic (exact) mass is 326 g/mol. The maximum Gasteiger partial charge on any atom is 0.237 e. The number of aromatic nitrogens is 2. The average molecular weight is 326 g/mol. The first-order valence-electron chi connectivity index (χ1n) is 6.38. The molecule has 0 aliphatic heterocycles. The summed E-state index contributed by atoms with van der Waals surface area (Å²) in [4.78, 5) is 16.0. The van der Waals surface area contributed by atoms with Crippen LogP contribution in [0.3, 0.4) is 0 Å². The largest absolute Gasteiger partial charge is 0.375 e. The molecule has 8 heteroatoms. The molecule has 0 saturated carbocycles. The highest BCUT2D eigenvalue weighted by molar-refractivity contribution is 8.01. The van der Waals surface area contributed by atoms with Gasteiger partial charge in [-0.1, -0.05) is 37.3 Å². The lowest BCUT2D eigenvalue weighted by Gasteiger charge is -2.12. The van der Waals surface area contributed by atoms with E-state index in [-0.39, 0.29) is 17.1 Å². The van der Waals surface area contributed by atoms with Crippen molar-refractivity contribution in [3.05, 3.63) is 17.5 Å². The van der Waals surface area contributed by atoms with Gasteiger partial charge in [-0.05, 0) is 6.92 Å². The number of hydrogen-bond acceptors (Lipinski definition) is 7. The summed E-state index contributed by atoms with van der Waals surface area (Å²) < 4.78 is 6.08. The van der Waals surface area contributed by atoms with Crippen LogP contribution in [0.2, 0.25) is 0 Å². The number of carbonyl (C=O) groups excluding carboxylic acids is 1. The van der Waals surface area contributed by atoms with Crippen LogP contribution in [-0.2, 0) is 10.2 Å². The van der Waals surface area contributed by atoms with Crippen LogP contribution < -0.4 is 11.1 Å². The summed E-state index contributed by atoms with van der Waals surface area (Å²) in [6.07, 6.45) is 0. The SMILES string of the molecule is Cc1nc(N)sc1SCC(=O)Nc1cc(C(C)(C)C)no1. The van der Waals surface area contributed by atoms with E-state index in [1.165, 1.54) is 23.1 Å². The van der Waals surface area contributed by atoms with Crippen molar-refractivity contribution in [3.63, 3.8) is 0 Å². The van der Waals surface area contributed by atoms with Gasteiger partial charge in [-0.15, -0.1) is 11.8 Å². The number of nitrogens with two attached hydrogens (primary N) is 1. The van der Waals surface area contributed by atoms with E-state index in [4.69, 9.17) is 10.3 Å². The molecule has 6 nitrogen and oxygen atoms in total. The first-order valence-corrected chi connectivity index (χ1v) is 8.18. The zero-order valence-corrected chi connectivity index (χ0v) is 14.0. The molecule has 0 spiro atoms. The Morgan fingerprint density at radius 2 is 2.24 bits per heavy atom. The fourth-order valence-corrected chi connectivity index (χ4v) is 3.35. The van der Waals surface area contributed by atoms with E-state index < -0.39 is 0 Å². The van der Waals surface area contributed by atoms with Crippen molar-refractivity contribution >= 4 is 40.0 Å². The summed E-state index contributed by atoms with van der Waals surface area (Å²) in [5, 5.41) is 7.16. The first-order chi connectivity index (χ1) is 9.75. The second-order valence-electron chi connectivity index (χ2n) is 5.59. The van der Waals surface area contributed by atoms with Gasteiger partial charge in [0.05, 0.1) is 21.3 Å². The van der Waals surface area contributed by atoms with Gasteiger partial charge < -0.3 is 10.3 Å². The van der Waals surface area contributed by atoms with Crippen molar-refractivity contribution < 1.29 is 9.32 Å². The number of rotatable bonds is 4. The lowest BCUT2D eigenvalue weighted by atomic mass is 9.92. The molecule has 2 heterocycles. The van der Waals surface area contributed by atoms with Gasteiger partial charge in [-0.2, -0.15) is 0 Å². The smallest absolute Gasteiger partial charge is 0.237 e. The van der Waals surface area contributed by atoms with Crippen LogP contribution in [0.5, 0.6) is 0 Å². The minimum Gasteiger partial charge on any atom is -0.375 e. The van der Waals surface area contributed by atoms with Crippen LogP contribution in [0.25, 0.3) is 0 Å². The zero-order valence-electron chi connectivity index (χ0n) is 12.4. The van der Waals surface area contributed by atoms with E-state index in [0.29, 0.717) is 11.0 Å². The minimum atomic E-state index is -0.150. The van der Waals surface area contributed by atoms with Crippen molar-refractivity contribution in [3.8, 4) is 0 Å². The van der Waals surface area contributed by atoms with Crippen molar-refractivity contribution in [2.24, 2.45) is 0 Å². The fourth-order valence-electron chi connectivity index (χ4n) is 1.53. The zero-order chi connectivity index (χ0) is 15.6. The lowest BCUT2D eigenvalue weighted by Crippen LogP contribution is -2.14. The molecule has 0 bridgehead atoms. The number of nitrogen functional groups attached to an aromatic ring is 1. The molecule has 0 aliphatic carbocycles. The molecule has 0 unspecified atom stereocenters. The van der Waals surface area contributed by atoms with Gasteiger partial charge in [0.25, 0.3) is 0 Å². The molecule has 2 aromatic rings. The summed E-state index contributed by atoms with van der Waals surface area (Å²) in [5.74, 6) is 0.489. The second kappa shape index (κ2) is 6.07. The van der Waals surface area contributed by atoms with Gasteiger partial charge in [-0.25, -0.2) is 4.98 Å². The molecule has 0 atom stereocenters. The van der Waals surface area contributed by atoms with E-state index in [2.05, 4.69) is 15.5 Å². The molecule has 114 valence electrons. The third-order valence-electron chi connectivity index (χ3n) is 2.65. The maximum atomic E-state index is 11.9. The summed E-state index contributed by atoms with van der Waals surface area (Å²) in [6.45, 7) is 7.97. The van der Waals surface area contributed by atoms with Gasteiger partial charge in [0, 0.05) is 11.5 Å². The molecule has 0 saturated heterocycles. The van der Waals surface area contributed by atoms with Crippen LogP contribution in [0.15, 0.2) is 14.8 Å². The van der Waals surface area contributed by atoms with E-state index in [9.17, 15) is 4.79 Å². The Bertz CT molecular complexity index is 643.